The minimum absolute atomic E-state index is 0.106. The molecule has 0 radical (unpaired) electrons. The molecule has 1 atom stereocenters. The molecule has 0 aliphatic carbocycles. The van der Waals surface area contributed by atoms with Crippen molar-refractivity contribution >= 4 is 23.5 Å². The minimum atomic E-state index is 0.106. The van der Waals surface area contributed by atoms with E-state index in [-0.39, 0.29) is 6.04 Å². The third kappa shape index (κ3) is 2.85. The van der Waals surface area contributed by atoms with Crippen molar-refractivity contribution in [3.63, 3.8) is 0 Å². The molecule has 1 unspecified atom stereocenters. The maximum absolute atomic E-state index is 5.73. The van der Waals surface area contributed by atoms with Crippen LogP contribution in [0.1, 0.15) is 19.5 Å². The van der Waals surface area contributed by atoms with Gasteiger partial charge in [-0.25, -0.2) is 10.9 Å². The van der Waals surface area contributed by atoms with Gasteiger partial charge in [0.1, 0.15) is 5.82 Å². The first-order chi connectivity index (χ1) is 8.61. The number of rotatable bonds is 5. The highest BCUT2D eigenvalue weighted by molar-refractivity contribution is 7.99. The molecule has 18 heavy (non-hydrogen) atoms. The largest absolute Gasteiger partial charge is 0.368 e. The summed E-state index contributed by atoms with van der Waals surface area (Å²) >= 11 is 1.76. The molecule has 1 aromatic heterocycles. The van der Waals surface area contributed by atoms with Gasteiger partial charge in [0.05, 0.1) is 23.2 Å². The number of aryl methyl sites for hydroxylation is 1. The van der Waals surface area contributed by atoms with E-state index in [2.05, 4.69) is 29.1 Å². The van der Waals surface area contributed by atoms with Gasteiger partial charge >= 0.3 is 0 Å². The zero-order chi connectivity index (χ0) is 13.1. The molecule has 0 aromatic carbocycles. The Bertz CT molecular complexity index is 426. The molecule has 2 heterocycles. The smallest absolute Gasteiger partial charge is 0.222 e. The summed E-state index contributed by atoms with van der Waals surface area (Å²) in [5.41, 5.74) is 6.76. The van der Waals surface area contributed by atoms with Crippen molar-refractivity contribution in [2.24, 2.45) is 11.8 Å². The van der Waals surface area contributed by atoms with Crippen molar-refractivity contribution in [2.45, 2.75) is 31.2 Å². The number of nitrogens with one attached hydrogen (secondary N) is 1. The second-order valence-electron chi connectivity index (χ2n) is 4.63. The number of nitrogens with zero attached hydrogens (tertiary/aromatic N) is 2. The van der Waals surface area contributed by atoms with Crippen LogP contribution in [0.2, 0.25) is 0 Å². The third-order valence-electron chi connectivity index (χ3n) is 2.94. The molecule has 2 rings (SSSR count). The minimum Gasteiger partial charge on any atom is -0.368 e. The Morgan fingerprint density at radius 3 is 2.89 bits per heavy atom. The molecule has 1 aliphatic heterocycles. The predicted molar refractivity (Wildman–Crippen MR) is 73.3 cm³/mol. The van der Waals surface area contributed by atoms with E-state index >= 15 is 0 Å². The standard InChI is InChI=1S/C11H19N5OS/c1-6(2)8(5-17-13)14-10-9-7(3-4-18-9)15-11(12)16-10/h6,8H,3-5,13H2,1-2H3,(H3,12,14,15,16). The Labute approximate surface area is 111 Å². The monoisotopic (exact) mass is 269 g/mol. The van der Waals surface area contributed by atoms with E-state index in [1.165, 1.54) is 0 Å². The molecule has 0 saturated heterocycles. The average Bonchev–Trinajstić information content (AvgIpc) is 2.76. The number of thioether (sulfide) groups is 1. The zero-order valence-corrected chi connectivity index (χ0v) is 11.5. The average molecular weight is 269 g/mol. The maximum Gasteiger partial charge on any atom is 0.222 e. The van der Waals surface area contributed by atoms with Crippen LogP contribution in [0.25, 0.3) is 0 Å². The molecule has 0 bridgehead atoms. The van der Waals surface area contributed by atoms with Crippen LogP contribution in [-0.2, 0) is 11.3 Å². The SMILES string of the molecule is CC(C)C(CON)Nc1nc(N)nc2c1SCC2. The lowest BCUT2D eigenvalue weighted by Crippen LogP contribution is -2.32. The Hall–Kier alpha value is -1.05. The van der Waals surface area contributed by atoms with E-state index in [0.29, 0.717) is 18.5 Å². The van der Waals surface area contributed by atoms with Gasteiger partial charge in [0.2, 0.25) is 5.95 Å². The van der Waals surface area contributed by atoms with Crippen molar-refractivity contribution in [3.8, 4) is 0 Å². The van der Waals surface area contributed by atoms with Crippen LogP contribution in [0.4, 0.5) is 11.8 Å². The lowest BCUT2D eigenvalue weighted by Gasteiger charge is -2.22. The van der Waals surface area contributed by atoms with Gasteiger partial charge in [0, 0.05) is 12.2 Å². The molecule has 0 amide bonds. The Balaban J connectivity index is 2.22. The molecule has 1 aliphatic rings. The number of anilines is 2. The quantitative estimate of drug-likeness (QED) is 0.687. The van der Waals surface area contributed by atoms with Crippen LogP contribution in [0, 0.1) is 5.92 Å². The van der Waals surface area contributed by atoms with E-state index in [1.807, 2.05) is 0 Å². The molecule has 6 nitrogen and oxygen atoms in total. The van der Waals surface area contributed by atoms with Crippen molar-refractivity contribution in [3.05, 3.63) is 5.69 Å². The van der Waals surface area contributed by atoms with Gasteiger partial charge in [-0.05, 0) is 5.92 Å². The number of fused-ring (bicyclic) bond motifs is 1. The van der Waals surface area contributed by atoms with Crippen LogP contribution in [0.15, 0.2) is 4.90 Å². The summed E-state index contributed by atoms with van der Waals surface area (Å²) in [4.78, 5) is 14.4. The number of hydrogen-bond acceptors (Lipinski definition) is 7. The first-order valence-corrected chi connectivity index (χ1v) is 6.97. The molecule has 5 N–H and O–H groups in total. The Kier molecular flexibility index (Phi) is 4.26. The van der Waals surface area contributed by atoms with Gasteiger partial charge in [0.25, 0.3) is 0 Å². The molecule has 100 valence electrons. The summed E-state index contributed by atoms with van der Waals surface area (Å²) in [6.45, 7) is 4.64. The van der Waals surface area contributed by atoms with Crippen LogP contribution in [0.5, 0.6) is 0 Å². The van der Waals surface area contributed by atoms with E-state index in [9.17, 15) is 0 Å². The van der Waals surface area contributed by atoms with Crippen molar-refractivity contribution in [1.29, 1.82) is 0 Å². The fourth-order valence-corrected chi connectivity index (χ4v) is 2.92. The van der Waals surface area contributed by atoms with E-state index in [1.54, 1.807) is 11.8 Å². The van der Waals surface area contributed by atoms with Gasteiger partial charge in [-0.15, -0.1) is 11.8 Å². The number of aromatic nitrogens is 2. The van der Waals surface area contributed by atoms with Gasteiger partial charge in [-0.3, -0.25) is 0 Å². The molecular formula is C11H19N5OS. The lowest BCUT2D eigenvalue weighted by molar-refractivity contribution is 0.117. The highest BCUT2D eigenvalue weighted by atomic mass is 32.2. The highest BCUT2D eigenvalue weighted by Gasteiger charge is 2.22. The fraction of sp³-hybridized carbons (Fsp3) is 0.636. The summed E-state index contributed by atoms with van der Waals surface area (Å²) in [6, 6.07) is 0.106. The van der Waals surface area contributed by atoms with Crippen molar-refractivity contribution in [1.82, 2.24) is 9.97 Å². The van der Waals surface area contributed by atoms with E-state index < -0.39 is 0 Å². The highest BCUT2D eigenvalue weighted by Crippen LogP contribution is 2.36. The molecule has 1 aromatic rings. The van der Waals surface area contributed by atoms with Crippen LogP contribution >= 0.6 is 11.8 Å². The van der Waals surface area contributed by atoms with E-state index in [0.717, 1.165) is 28.6 Å². The molecule has 0 spiro atoms. The molecule has 0 saturated carbocycles. The van der Waals surface area contributed by atoms with Gasteiger partial charge in [-0.1, -0.05) is 13.8 Å². The van der Waals surface area contributed by atoms with Crippen LogP contribution < -0.4 is 16.9 Å². The lowest BCUT2D eigenvalue weighted by atomic mass is 10.1. The summed E-state index contributed by atoms with van der Waals surface area (Å²) < 4.78 is 0. The second kappa shape index (κ2) is 5.73. The summed E-state index contributed by atoms with van der Waals surface area (Å²) in [6.07, 6.45) is 0.946. The predicted octanol–water partition coefficient (Wildman–Crippen LogP) is 1.03. The fourth-order valence-electron chi connectivity index (χ4n) is 1.86. The zero-order valence-electron chi connectivity index (χ0n) is 10.6. The normalized spacial score (nSPS) is 15.8. The first kappa shape index (κ1) is 13.4. The first-order valence-electron chi connectivity index (χ1n) is 5.99. The summed E-state index contributed by atoms with van der Waals surface area (Å²) in [5, 5.41) is 3.36. The Morgan fingerprint density at radius 1 is 1.44 bits per heavy atom. The number of nitrogen functional groups attached to an aromatic ring is 1. The number of hydrogen-bond donors (Lipinski definition) is 3. The van der Waals surface area contributed by atoms with Gasteiger partial charge in [-0.2, -0.15) is 4.98 Å². The molecule has 0 fully saturated rings. The maximum atomic E-state index is 5.73. The van der Waals surface area contributed by atoms with E-state index in [4.69, 9.17) is 16.5 Å². The van der Waals surface area contributed by atoms with Gasteiger partial charge < -0.3 is 15.9 Å². The number of nitrogens with two attached hydrogens (primary N) is 2. The topological polar surface area (TPSA) is 99.1 Å². The Morgan fingerprint density at radius 2 is 2.22 bits per heavy atom. The molecule has 7 heteroatoms. The van der Waals surface area contributed by atoms with Crippen molar-refractivity contribution < 1.29 is 4.84 Å². The molecular weight excluding hydrogens is 250 g/mol. The van der Waals surface area contributed by atoms with Crippen molar-refractivity contribution in [2.75, 3.05) is 23.4 Å². The third-order valence-corrected chi connectivity index (χ3v) is 4.07. The summed E-state index contributed by atoms with van der Waals surface area (Å²) in [5.74, 6) is 7.69. The van der Waals surface area contributed by atoms with Gasteiger partial charge in [0.15, 0.2) is 0 Å². The second-order valence-corrected chi connectivity index (χ2v) is 5.74. The summed E-state index contributed by atoms with van der Waals surface area (Å²) in [7, 11) is 0. The van der Waals surface area contributed by atoms with Crippen LogP contribution in [0.3, 0.4) is 0 Å². The van der Waals surface area contributed by atoms with Crippen LogP contribution in [-0.4, -0.2) is 28.4 Å².